The number of rotatable bonds is 7. The Labute approximate surface area is 170 Å². The van der Waals surface area contributed by atoms with Crippen molar-refractivity contribution in [3.8, 4) is 0 Å². The van der Waals surface area contributed by atoms with Crippen molar-refractivity contribution < 1.29 is 15.0 Å². The lowest BCUT2D eigenvalue weighted by atomic mass is 9.94. The van der Waals surface area contributed by atoms with Crippen LogP contribution in [0.3, 0.4) is 0 Å². The van der Waals surface area contributed by atoms with Gasteiger partial charge in [0.05, 0.1) is 30.7 Å². The zero-order valence-corrected chi connectivity index (χ0v) is 18.4. The first-order valence-electron chi connectivity index (χ1n) is 10.4. The van der Waals surface area contributed by atoms with E-state index < -0.39 is 0 Å². The number of nitrogens with one attached hydrogen (secondary N) is 1. The van der Waals surface area contributed by atoms with Crippen LogP contribution in [0.2, 0.25) is 0 Å². The van der Waals surface area contributed by atoms with Crippen LogP contribution in [-0.2, 0) is 24.3 Å². The molecule has 152 valence electrons. The molecular weight excluding hydrogens is 372 g/mol. The Hall–Kier alpha value is -1.61. The Balaban J connectivity index is 1.62. The summed E-state index contributed by atoms with van der Waals surface area (Å²) in [5, 5.41) is 8.26. The van der Waals surface area contributed by atoms with Crippen LogP contribution in [0.1, 0.15) is 49.8 Å². The molecule has 0 spiro atoms. The van der Waals surface area contributed by atoms with E-state index in [2.05, 4.69) is 33.0 Å². The first-order valence-corrected chi connectivity index (χ1v) is 11.2. The number of hydrogen-bond acceptors (Lipinski definition) is 5. The zero-order chi connectivity index (χ0) is 19.9. The van der Waals surface area contributed by atoms with Crippen molar-refractivity contribution in [1.29, 1.82) is 0 Å². The quantitative estimate of drug-likeness (QED) is 0.562. The fourth-order valence-corrected chi connectivity index (χ4v) is 5.16. The summed E-state index contributed by atoms with van der Waals surface area (Å²) in [6.45, 7) is 16.9. The van der Waals surface area contributed by atoms with E-state index >= 15 is 0 Å². The Bertz CT molecular complexity index is 988. The van der Waals surface area contributed by atoms with E-state index in [1.165, 1.54) is 35.5 Å². The summed E-state index contributed by atoms with van der Waals surface area (Å²) < 4.78 is 7.93. The summed E-state index contributed by atoms with van der Waals surface area (Å²) in [4.78, 5) is 13.7. The lowest BCUT2D eigenvalue weighted by molar-refractivity contribution is -0.910. The van der Waals surface area contributed by atoms with E-state index in [1.807, 2.05) is 11.4 Å². The zero-order valence-electron chi connectivity index (χ0n) is 17.6. The van der Waals surface area contributed by atoms with Crippen LogP contribution in [0, 0.1) is 6.92 Å². The standard InChI is InChI=1S/C20H30N6OS/c1-6-25(7-2)9-8-21-11-16-23-18-17-14-10-20(4,5)27-12-15(14)28-19(17)22-13(3)26(18)24-16/h21H,6-12H2,1-5H3/p+2. The van der Waals surface area contributed by atoms with Gasteiger partial charge in [0, 0.05) is 11.3 Å². The molecule has 0 fully saturated rings. The smallest absolute Gasteiger partial charge is 0.206 e. The van der Waals surface area contributed by atoms with Gasteiger partial charge in [-0.3, -0.25) is 0 Å². The van der Waals surface area contributed by atoms with Gasteiger partial charge in [-0.1, -0.05) is 0 Å². The fraction of sp³-hybridized carbons (Fsp3) is 0.650. The van der Waals surface area contributed by atoms with Gasteiger partial charge in [0.2, 0.25) is 5.82 Å². The van der Waals surface area contributed by atoms with Crippen molar-refractivity contribution in [2.75, 3.05) is 26.2 Å². The number of thiophene rings is 1. The molecule has 0 saturated carbocycles. The minimum atomic E-state index is -0.147. The molecule has 7 nitrogen and oxygen atoms in total. The second-order valence-corrected chi connectivity index (χ2v) is 9.40. The first kappa shape index (κ1) is 19.7. The van der Waals surface area contributed by atoms with E-state index in [0.717, 1.165) is 41.6 Å². The maximum Gasteiger partial charge on any atom is 0.206 e. The molecule has 0 atom stereocenters. The SMILES string of the molecule is CC[NH+](CC)CC[NH2+]Cc1nc2c3c4c(sc3nc(C)n2n1)COC(C)(C)C4. The Morgan fingerprint density at radius 1 is 1.25 bits per heavy atom. The second kappa shape index (κ2) is 7.67. The highest BCUT2D eigenvalue weighted by molar-refractivity contribution is 7.19. The van der Waals surface area contributed by atoms with Crippen LogP contribution in [0.5, 0.6) is 0 Å². The van der Waals surface area contributed by atoms with Crippen molar-refractivity contribution >= 4 is 27.2 Å². The molecule has 3 aromatic heterocycles. The molecule has 0 saturated heterocycles. The lowest BCUT2D eigenvalue weighted by Crippen LogP contribution is -3.14. The monoisotopic (exact) mass is 404 g/mol. The van der Waals surface area contributed by atoms with Gasteiger partial charge in [0.15, 0.2) is 5.65 Å². The number of ether oxygens (including phenoxy) is 1. The third-order valence-corrected chi connectivity index (χ3v) is 6.84. The maximum absolute atomic E-state index is 6.00. The Kier molecular flexibility index (Phi) is 5.39. The molecule has 0 radical (unpaired) electrons. The number of nitrogens with two attached hydrogens (primary N) is 1. The third kappa shape index (κ3) is 3.66. The van der Waals surface area contributed by atoms with Crippen LogP contribution in [0.15, 0.2) is 0 Å². The number of aromatic nitrogens is 4. The molecule has 0 bridgehead atoms. The van der Waals surface area contributed by atoms with Gasteiger partial charge >= 0.3 is 0 Å². The molecule has 4 rings (SSSR count). The van der Waals surface area contributed by atoms with Crippen molar-refractivity contribution in [2.45, 2.75) is 59.8 Å². The van der Waals surface area contributed by atoms with Crippen LogP contribution in [-0.4, -0.2) is 51.4 Å². The summed E-state index contributed by atoms with van der Waals surface area (Å²) >= 11 is 1.74. The van der Waals surface area contributed by atoms with Crippen LogP contribution >= 0.6 is 11.3 Å². The molecule has 3 N–H and O–H groups in total. The molecule has 0 aliphatic carbocycles. The summed E-state index contributed by atoms with van der Waals surface area (Å²) in [7, 11) is 0. The van der Waals surface area contributed by atoms with Crippen LogP contribution in [0.25, 0.3) is 15.9 Å². The average Bonchev–Trinajstić information content (AvgIpc) is 3.22. The molecule has 0 aromatic carbocycles. The maximum atomic E-state index is 6.00. The highest BCUT2D eigenvalue weighted by Crippen LogP contribution is 2.39. The Morgan fingerprint density at radius 2 is 2.04 bits per heavy atom. The van der Waals surface area contributed by atoms with Crippen molar-refractivity contribution in [3.05, 3.63) is 22.1 Å². The summed E-state index contributed by atoms with van der Waals surface area (Å²) in [6.07, 6.45) is 0.893. The van der Waals surface area contributed by atoms with E-state index in [9.17, 15) is 0 Å². The largest absolute Gasteiger partial charge is 0.370 e. The minimum absolute atomic E-state index is 0.147. The second-order valence-electron chi connectivity index (χ2n) is 8.32. The number of fused-ring (bicyclic) bond motifs is 5. The van der Waals surface area contributed by atoms with E-state index in [4.69, 9.17) is 19.8 Å². The van der Waals surface area contributed by atoms with Gasteiger partial charge in [-0.2, -0.15) is 4.52 Å². The molecule has 0 amide bonds. The number of likely N-dealkylation sites (N-methyl/N-ethyl adjacent to an activating group) is 1. The number of quaternary nitrogens is 2. The Morgan fingerprint density at radius 3 is 2.79 bits per heavy atom. The van der Waals surface area contributed by atoms with Gasteiger partial charge in [0.1, 0.15) is 30.3 Å². The predicted octanol–water partition coefficient (Wildman–Crippen LogP) is 0.487. The predicted molar refractivity (Wildman–Crippen MR) is 111 cm³/mol. The summed E-state index contributed by atoms with van der Waals surface area (Å²) in [6, 6.07) is 0. The first-order chi connectivity index (χ1) is 13.4. The average molecular weight is 405 g/mol. The molecule has 1 aliphatic rings. The van der Waals surface area contributed by atoms with Gasteiger partial charge in [-0.05, 0) is 40.2 Å². The highest BCUT2D eigenvalue weighted by Gasteiger charge is 2.31. The number of aryl methyl sites for hydroxylation is 1. The molecular formula is C20H32N6OS+2. The van der Waals surface area contributed by atoms with Crippen molar-refractivity contribution in [2.24, 2.45) is 0 Å². The molecule has 4 heterocycles. The van der Waals surface area contributed by atoms with Crippen molar-refractivity contribution in [1.82, 2.24) is 19.6 Å². The molecule has 3 aromatic rings. The van der Waals surface area contributed by atoms with E-state index in [0.29, 0.717) is 6.61 Å². The third-order valence-electron chi connectivity index (χ3n) is 5.74. The number of nitrogens with zero attached hydrogens (tertiary/aromatic N) is 4. The van der Waals surface area contributed by atoms with Gasteiger partial charge in [-0.15, -0.1) is 16.4 Å². The summed E-state index contributed by atoms with van der Waals surface area (Å²) in [5.41, 5.74) is 2.16. The lowest BCUT2D eigenvalue weighted by Gasteiger charge is -2.30. The van der Waals surface area contributed by atoms with Gasteiger partial charge < -0.3 is 15.0 Å². The topological polar surface area (TPSA) is 73.4 Å². The van der Waals surface area contributed by atoms with E-state index in [-0.39, 0.29) is 5.60 Å². The normalized spacial score (nSPS) is 16.4. The van der Waals surface area contributed by atoms with Crippen LogP contribution in [0.4, 0.5) is 0 Å². The van der Waals surface area contributed by atoms with E-state index in [1.54, 1.807) is 16.2 Å². The number of hydrogen-bond donors (Lipinski definition) is 2. The van der Waals surface area contributed by atoms with Crippen molar-refractivity contribution in [3.63, 3.8) is 0 Å². The molecule has 8 heteroatoms. The fourth-order valence-electron chi connectivity index (χ4n) is 4.01. The molecule has 0 unspecified atom stereocenters. The summed E-state index contributed by atoms with van der Waals surface area (Å²) in [5.74, 6) is 1.78. The van der Waals surface area contributed by atoms with Crippen LogP contribution < -0.4 is 10.2 Å². The molecule has 28 heavy (non-hydrogen) atoms. The molecule has 1 aliphatic heterocycles. The van der Waals surface area contributed by atoms with Gasteiger partial charge in [0.25, 0.3) is 0 Å². The minimum Gasteiger partial charge on any atom is -0.370 e. The highest BCUT2D eigenvalue weighted by atomic mass is 32.1. The van der Waals surface area contributed by atoms with Gasteiger partial charge in [-0.25, -0.2) is 9.97 Å².